The van der Waals surface area contributed by atoms with Gasteiger partial charge in [-0.3, -0.25) is 0 Å². The van der Waals surface area contributed by atoms with E-state index in [1.54, 1.807) is 19.2 Å². The molecule has 6 heteroatoms. The molecule has 106 valence electrons. The number of benzene rings is 1. The number of hydrogen-bond acceptors (Lipinski definition) is 5. The predicted molar refractivity (Wildman–Crippen MR) is 76.0 cm³/mol. The number of fused-ring (bicyclic) bond motifs is 1. The van der Waals surface area contributed by atoms with E-state index in [0.717, 1.165) is 17.3 Å². The highest BCUT2D eigenvalue weighted by molar-refractivity contribution is 5.91. The van der Waals surface area contributed by atoms with Crippen LogP contribution in [0.5, 0.6) is 5.75 Å². The van der Waals surface area contributed by atoms with Gasteiger partial charge in [-0.1, -0.05) is 13.3 Å². The lowest BCUT2D eigenvalue weighted by Gasteiger charge is -2.15. The fourth-order valence-electron chi connectivity index (χ4n) is 1.99. The number of aromatic nitrogens is 2. The summed E-state index contributed by atoms with van der Waals surface area (Å²) in [5.41, 5.74) is 0.740. The Labute approximate surface area is 116 Å². The zero-order valence-electron chi connectivity index (χ0n) is 11.5. The number of aliphatic carboxylic acids is 1. The minimum atomic E-state index is -0.887. The van der Waals surface area contributed by atoms with Crippen LogP contribution >= 0.6 is 0 Å². The normalized spacial score (nSPS) is 12.1. The fourth-order valence-corrected chi connectivity index (χ4v) is 1.99. The van der Waals surface area contributed by atoms with Crippen LogP contribution in [-0.4, -0.2) is 34.2 Å². The van der Waals surface area contributed by atoms with E-state index in [4.69, 9.17) is 4.74 Å². The molecule has 0 fully saturated rings. The van der Waals surface area contributed by atoms with Crippen molar-refractivity contribution in [2.75, 3.05) is 12.4 Å². The van der Waals surface area contributed by atoms with Crippen molar-refractivity contribution in [2.45, 2.75) is 25.8 Å². The van der Waals surface area contributed by atoms with Gasteiger partial charge in [-0.25, -0.2) is 14.8 Å². The fraction of sp³-hybridized carbons (Fsp3) is 0.357. The molecule has 1 atom stereocenters. The molecule has 0 saturated carbocycles. The summed E-state index contributed by atoms with van der Waals surface area (Å²) in [5, 5.41) is 12.9. The van der Waals surface area contributed by atoms with Gasteiger partial charge in [0, 0.05) is 5.39 Å². The number of rotatable bonds is 6. The van der Waals surface area contributed by atoms with Crippen molar-refractivity contribution in [3.8, 4) is 5.75 Å². The van der Waals surface area contributed by atoms with Gasteiger partial charge in [-0.15, -0.1) is 0 Å². The molecule has 1 unspecified atom stereocenters. The maximum absolute atomic E-state index is 11.2. The first-order valence-electron chi connectivity index (χ1n) is 6.43. The molecule has 2 rings (SSSR count). The second kappa shape index (κ2) is 6.18. The largest absolute Gasteiger partial charge is 0.497 e. The highest BCUT2D eigenvalue weighted by Gasteiger charge is 2.17. The van der Waals surface area contributed by atoms with E-state index in [1.165, 1.54) is 6.33 Å². The molecular formula is C14H17N3O3. The monoisotopic (exact) mass is 275 g/mol. The Morgan fingerprint density at radius 3 is 2.90 bits per heavy atom. The molecule has 2 aromatic rings. The summed E-state index contributed by atoms with van der Waals surface area (Å²) in [5.74, 6) is 0.300. The highest BCUT2D eigenvalue weighted by Crippen LogP contribution is 2.25. The van der Waals surface area contributed by atoms with E-state index in [0.29, 0.717) is 18.0 Å². The summed E-state index contributed by atoms with van der Waals surface area (Å²) in [6, 6.07) is 4.75. The Balaban J connectivity index is 2.39. The van der Waals surface area contributed by atoms with E-state index >= 15 is 0 Å². The molecule has 6 nitrogen and oxygen atoms in total. The first-order valence-corrected chi connectivity index (χ1v) is 6.43. The lowest BCUT2D eigenvalue weighted by molar-refractivity contribution is -0.138. The Morgan fingerprint density at radius 2 is 2.25 bits per heavy atom. The average molecular weight is 275 g/mol. The van der Waals surface area contributed by atoms with Crippen molar-refractivity contribution in [2.24, 2.45) is 0 Å². The number of anilines is 1. The van der Waals surface area contributed by atoms with Crippen LogP contribution in [0, 0.1) is 0 Å². The van der Waals surface area contributed by atoms with Crippen molar-refractivity contribution in [3.63, 3.8) is 0 Å². The number of nitrogens with one attached hydrogen (secondary N) is 1. The summed E-state index contributed by atoms with van der Waals surface area (Å²) < 4.78 is 5.18. The van der Waals surface area contributed by atoms with Crippen LogP contribution in [0.3, 0.4) is 0 Å². The first kappa shape index (κ1) is 14.0. The van der Waals surface area contributed by atoms with Gasteiger partial charge in [-0.05, 0) is 24.6 Å². The first-order chi connectivity index (χ1) is 9.65. The van der Waals surface area contributed by atoms with Gasteiger partial charge in [0.15, 0.2) is 0 Å². The molecule has 0 aliphatic carbocycles. The zero-order valence-corrected chi connectivity index (χ0v) is 11.5. The molecule has 1 aromatic heterocycles. The molecule has 2 N–H and O–H groups in total. The van der Waals surface area contributed by atoms with Gasteiger partial charge in [0.2, 0.25) is 0 Å². The second-order valence-electron chi connectivity index (χ2n) is 4.43. The summed E-state index contributed by atoms with van der Waals surface area (Å²) in [4.78, 5) is 19.5. The molecule has 1 heterocycles. The van der Waals surface area contributed by atoms with Gasteiger partial charge in [0.25, 0.3) is 0 Å². The summed E-state index contributed by atoms with van der Waals surface area (Å²) >= 11 is 0. The Morgan fingerprint density at radius 1 is 1.45 bits per heavy atom. The average Bonchev–Trinajstić information content (AvgIpc) is 2.46. The smallest absolute Gasteiger partial charge is 0.326 e. The van der Waals surface area contributed by atoms with Crippen molar-refractivity contribution < 1.29 is 14.6 Å². The number of carboxylic acid groups (broad SMARTS) is 1. The Hall–Kier alpha value is -2.37. The Bertz CT molecular complexity index is 616. The number of ether oxygens (including phenoxy) is 1. The third kappa shape index (κ3) is 2.96. The number of carboxylic acids is 1. The zero-order chi connectivity index (χ0) is 14.5. The molecule has 0 radical (unpaired) electrons. The number of nitrogens with zero attached hydrogens (tertiary/aromatic N) is 2. The van der Waals surface area contributed by atoms with E-state index in [9.17, 15) is 9.90 Å². The molecule has 0 aliphatic heterocycles. The molecule has 0 bridgehead atoms. The van der Waals surface area contributed by atoms with E-state index in [2.05, 4.69) is 15.3 Å². The predicted octanol–water partition coefficient (Wildman–Crippen LogP) is 2.30. The second-order valence-corrected chi connectivity index (χ2v) is 4.43. The summed E-state index contributed by atoms with van der Waals surface area (Å²) in [6.07, 6.45) is 2.73. The highest BCUT2D eigenvalue weighted by atomic mass is 16.5. The van der Waals surface area contributed by atoms with Crippen LogP contribution < -0.4 is 10.1 Å². The maximum atomic E-state index is 11.2. The lowest BCUT2D eigenvalue weighted by atomic mass is 10.1. The van der Waals surface area contributed by atoms with E-state index in [1.807, 2.05) is 13.0 Å². The summed E-state index contributed by atoms with van der Waals surface area (Å²) in [6.45, 7) is 1.94. The minimum Gasteiger partial charge on any atom is -0.497 e. The molecule has 0 amide bonds. The molecule has 0 spiro atoms. The quantitative estimate of drug-likeness (QED) is 0.841. The molecule has 0 aliphatic rings. The standard InChI is InChI=1S/C14H17N3O3/c1-3-4-12(14(18)19)17-13-10-7-9(20-2)5-6-11(10)15-8-16-13/h5-8,12H,3-4H2,1-2H3,(H,18,19)(H,15,16,17). The number of carbonyl (C=O) groups is 1. The third-order valence-corrected chi connectivity index (χ3v) is 3.03. The molecule has 20 heavy (non-hydrogen) atoms. The van der Waals surface area contributed by atoms with Crippen LogP contribution in [0.4, 0.5) is 5.82 Å². The van der Waals surface area contributed by atoms with Gasteiger partial charge in [0.05, 0.1) is 12.6 Å². The number of methoxy groups -OCH3 is 1. The van der Waals surface area contributed by atoms with Crippen molar-refractivity contribution >= 4 is 22.7 Å². The van der Waals surface area contributed by atoms with Gasteiger partial charge >= 0.3 is 5.97 Å². The Kier molecular flexibility index (Phi) is 4.34. The molecule has 1 aromatic carbocycles. The van der Waals surface area contributed by atoms with Gasteiger partial charge < -0.3 is 15.2 Å². The minimum absolute atomic E-state index is 0.509. The van der Waals surface area contributed by atoms with Crippen molar-refractivity contribution in [1.82, 2.24) is 9.97 Å². The van der Waals surface area contributed by atoms with E-state index in [-0.39, 0.29) is 0 Å². The van der Waals surface area contributed by atoms with Crippen LogP contribution in [-0.2, 0) is 4.79 Å². The van der Waals surface area contributed by atoms with E-state index < -0.39 is 12.0 Å². The third-order valence-electron chi connectivity index (χ3n) is 3.03. The van der Waals surface area contributed by atoms with Crippen LogP contribution in [0.15, 0.2) is 24.5 Å². The SMILES string of the molecule is CCCC(Nc1ncnc2ccc(OC)cc12)C(=O)O. The van der Waals surface area contributed by atoms with Crippen LogP contribution in [0.2, 0.25) is 0 Å². The van der Waals surface area contributed by atoms with Crippen LogP contribution in [0.25, 0.3) is 10.9 Å². The topological polar surface area (TPSA) is 84.3 Å². The van der Waals surface area contributed by atoms with Gasteiger partial charge in [0.1, 0.15) is 23.9 Å². The molecular weight excluding hydrogens is 258 g/mol. The van der Waals surface area contributed by atoms with Crippen molar-refractivity contribution in [3.05, 3.63) is 24.5 Å². The van der Waals surface area contributed by atoms with Crippen LogP contribution in [0.1, 0.15) is 19.8 Å². The summed E-state index contributed by atoms with van der Waals surface area (Å²) in [7, 11) is 1.58. The molecule has 0 saturated heterocycles. The number of hydrogen-bond donors (Lipinski definition) is 2. The maximum Gasteiger partial charge on any atom is 0.326 e. The van der Waals surface area contributed by atoms with Crippen molar-refractivity contribution in [1.29, 1.82) is 0 Å². The lowest BCUT2D eigenvalue weighted by Crippen LogP contribution is -2.29. The van der Waals surface area contributed by atoms with Gasteiger partial charge in [-0.2, -0.15) is 0 Å².